The Morgan fingerprint density at radius 3 is 2.76 bits per heavy atom. The van der Waals surface area contributed by atoms with Crippen LogP contribution in [0.2, 0.25) is 0 Å². The number of aromatic nitrogens is 3. The molecule has 0 aliphatic rings. The van der Waals surface area contributed by atoms with Gasteiger partial charge in [-0.1, -0.05) is 19.1 Å². The molecule has 4 heteroatoms. The topological polar surface area (TPSA) is 42.7 Å². The van der Waals surface area contributed by atoms with Gasteiger partial charge < -0.3 is 5.32 Å². The minimum absolute atomic E-state index is 0.161. The van der Waals surface area contributed by atoms with Crippen LogP contribution in [0, 0.1) is 6.92 Å². The molecule has 1 N–H and O–H groups in total. The third-order valence-electron chi connectivity index (χ3n) is 3.65. The maximum atomic E-state index is 4.56. The summed E-state index contributed by atoms with van der Waals surface area (Å²) in [6.07, 6.45) is 3.98. The fourth-order valence-corrected chi connectivity index (χ4v) is 2.65. The first kappa shape index (κ1) is 13.8. The zero-order valence-electron chi connectivity index (χ0n) is 12.7. The van der Waals surface area contributed by atoms with E-state index in [0.29, 0.717) is 0 Å². The fourth-order valence-electron chi connectivity index (χ4n) is 2.65. The van der Waals surface area contributed by atoms with Gasteiger partial charge in [-0.3, -0.25) is 9.67 Å². The van der Waals surface area contributed by atoms with Gasteiger partial charge >= 0.3 is 0 Å². The summed E-state index contributed by atoms with van der Waals surface area (Å²) in [5.74, 6) is 0. The smallest absolute Gasteiger partial charge is 0.0705 e. The third-order valence-corrected chi connectivity index (χ3v) is 3.65. The predicted molar refractivity (Wildman–Crippen MR) is 85.2 cm³/mol. The van der Waals surface area contributed by atoms with Crippen molar-refractivity contribution in [1.29, 1.82) is 0 Å². The van der Waals surface area contributed by atoms with Crippen LogP contribution in [-0.2, 0) is 7.05 Å². The molecule has 1 atom stereocenters. The summed E-state index contributed by atoms with van der Waals surface area (Å²) in [4.78, 5) is 4.56. The summed E-state index contributed by atoms with van der Waals surface area (Å²) in [5, 5.41) is 8.99. The van der Waals surface area contributed by atoms with Crippen molar-refractivity contribution in [3.05, 3.63) is 59.5 Å². The quantitative estimate of drug-likeness (QED) is 0.799. The second-order valence-corrected chi connectivity index (χ2v) is 5.34. The molecule has 108 valence electrons. The van der Waals surface area contributed by atoms with Gasteiger partial charge in [0, 0.05) is 29.9 Å². The lowest BCUT2D eigenvalue weighted by Crippen LogP contribution is -2.21. The zero-order chi connectivity index (χ0) is 14.8. The average molecular weight is 280 g/mol. The van der Waals surface area contributed by atoms with Crippen molar-refractivity contribution >= 4 is 10.9 Å². The van der Waals surface area contributed by atoms with Gasteiger partial charge in [-0.25, -0.2) is 0 Å². The average Bonchev–Trinajstić information content (AvgIpc) is 2.90. The molecule has 4 nitrogen and oxygen atoms in total. The van der Waals surface area contributed by atoms with Gasteiger partial charge in [0.1, 0.15) is 0 Å². The number of rotatable bonds is 4. The van der Waals surface area contributed by atoms with Crippen LogP contribution >= 0.6 is 0 Å². The minimum atomic E-state index is 0.161. The highest BCUT2D eigenvalue weighted by atomic mass is 15.2. The highest BCUT2D eigenvalue weighted by molar-refractivity contribution is 5.79. The molecule has 3 rings (SSSR count). The SMILES string of the molecule is CCNC(c1ccc2nc(C)ccc2c1)c1cnn(C)c1. The Bertz CT molecular complexity index is 760. The van der Waals surface area contributed by atoms with Gasteiger partial charge in [0.15, 0.2) is 0 Å². The van der Waals surface area contributed by atoms with E-state index < -0.39 is 0 Å². The Hall–Kier alpha value is -2.20. The molecule has 0 amide bonds. The number of hydrogen-bond acceptors (Lipinski definition) is 3. The summed E-state index contributed by atoms with van der Waals surface area (Å²) in [5.41, 5.74) is 4.51. The van der Waals surface area contributed by atoms with Gasteiger partial charge in [-0.15, -0.1) is 0 Å². The van der Waals surface area contributed by atoms with Crippen LogP contribution in [0.15, 0.2) is 42.7 Å². The summed E-state index contributed by atoms with van der Waals surface area (Å²) in [7, 11) is 1.94. The first-order valence-electron chi connectivity index (χ1n) is 7.26. The van der Waals surface area contributed by atoms with Crippen LogP contribution in [0.5, 0.6) is 0 Å². The number of aryl methyl sites for hydroxylation is 2. The molecule has 0 aliphatic heterocycles. The van der Waals surface area contributed by atoms with Gasteiger partial charge in [0.25, 0.3) is 0 Å². The number of nitrogens with one attached hydrogen (secondary N) is 1. The van der Waals surface area contributed by atoms with Crippen LogP contribution in [-0.4, -0.2) is 21.3 Å². The highest BCUT2D eigenvalue weighted by Gasteiger charge is 2.15. The molecule has 0 fully saturated rings. The second-order valence-electron chi connectivity index (χ2n) is 5.34. The lowest BCUT2D eigenvalue weighted by molar-refractivity contribution is 0.630. The molecule has 0 spiro atoms. The fraction of sp³-hybridized carbons (Fsp3) is 0.294. The number of hydrogen-bond donors (Lipinski definition) is 1. The molecule has 0 saturated heterocycles. The lowest BCUT2D eigenvalue weighted by atomic mass is 9.99. The molecule has 21 heavy (non-hydrogen) atoms. The zero-order valence-corrected chi connectivity index (χ0v) is 12.7. The van der Waals surface area contributed by atoms with Crippen LogP contribution in [0.3, 0.4) is 0 Å². The van der Waals surface area contributed by atoms with Crippen molar-refractivity contribution < 1.29 is 0 Å². The van der Waals surface area contributed by atoms with Crippen molar-refractivity contribution in [2.45, 2.75) is 19.9 Å². The summed E-state index contributed by atoms with van der Waals surface area (Å²) in [6, 6.07) is 10.8. The number of nitrogens with zero attached hydrogens (tertiary/aromatic N) is 3. The third kappa shape index (κ3) is 2.81. The standard InChI is InChI=1S/C17H20N4/c1-4-18-17(15-10-19-21(3)11-15)14-7-8-16-13(9-14)6-5-12(2)20-16/h5-11,17-18H,4H2,1-3H3. The van der Waals surface area contributed by atoms with E-state index in [-0.39, 0.29) is 6.04 Å². The number of pyridine rings is 1. The van der Waals surface area contributed by atoms with Gasteiger partial charge in [0.2, 0.25) is 0 Å². The van der Waals surface area contributed by atoms with E-state index in [1.54, 1.807) is 0 Å². The molecule has 0 radical (unpaired) electrons. The molecule has 3 aromatic rings. The predicted octanol–water partition coefficient (Wildman–Crippen LogP) is 2.98. The Morgan fingerprint density at radius 1 is 1.19 bits per heavy atom. The molecule has 1 aromatic carbocycles. The van der Waals surface area contributed by atoms with Gasteiger partial charge in [0.05, 0.1) is 17.8 Å². The second kappa shape index (κ2) is 5.66. The van der Waals surface area contributed by atoms with E-state index in [0.717, 1.165) is 17.8 Å². The summed E-state index contributed by atoms with van der Waals surface area (Å²) in [6.45, 7) is 5.05. The van der Waals surface area contributed by atoms with Crippen LogP contribution < -0.4 is 5.32 Å². The largest absolute Gasteiger partial charge is 0.306 e. The molecule has 0 saturated carbocycles. The van der Waals surface area contributed by atoms with Crippen molar-refractivity contribution in [3.8, 4) is 0 Å². The van der Waals surface area contributed by atoms with E-state index in [4.69, 9.17) is 0 Å². The number of benzene rings is 1. The molecule has 2 aromatic heterocycles. The Morgan fingerprint density at radius 2 is 2.05 bits per heavy atom. The van der Waals surface area contributed by atoms with Crippen molar-refractivity contribution in [3.63, 3.8) is 0 Å². The Labute approximate surface area is 124 Å². The van der Waals surface area contributed by atoms with Crippen molar-refractivity contribution in [1.82, 2.24) is 20.1 Å². The molecular formula is C17H20N4. The molecular weight excluding hydrogens is 260 g/mol. The Balaban J connectivity index is 2.04. The first-order chi connectivity index (χ1) is 10.2. The first-order valence-corrected chi connectivity index (χ1v) is 7.26. The van der Waals surface area contributed by atoms with E-state index >= 15 is 0 Å². The Kier molecular flexibility index (Phi) is 3.71. The molecule has 1 unspecified atom stereocenters. The van der Waals surface area contributed by atoms with Crippen LogP contribution in [0.4, 0.5) is 0 Å². The van der Waals surface area contributed by atoms with E-state index in [9.17, 15) is 0 Å². The molecule has 0 aliphatic carbocycles. The van der Waals surface area contributed by atoms with Crippen molar-refractivity contribution in [2.24, 2.45) is 7.05 Å². The number of fused-ring (bicyclic) bond motifs is 1. The van der Waals surface area contributed by atoms with E-state index in [1.807, 2.05) is 24.9 Å². The van der Waals surface area contributed by atoms with Crippen LogP contribution in [0.1, 0.15) is 29.8 Å². The van der Waals surface area contributed by atoms with Gasteiger partial charge in [-0.2, -0.15) is 5.10 Å². The molecule has 2 heterocycles. The maximum Gasteiger partial charge on any atom is 0.0705 e. The molecule has 0 bridgehead atoms. The highest BCUT2D eigenvalue weighted by Crippen LogP contribution is 2.25. The lowest BCUT2D eigenvalue weighted by Gasteiger charge is -2.17. The summed E-state index contributed by atoms with van der Waals surface area (Å²) < 4.78 is 1.84. The van der Waals surface area contributed by atoms with E-state index in [2.05, 4.69) is 58.9 Å². The minimum Gasteiger partial charge on any atom is -0.306 e. The summed E-state index contributed by atoms with van der Waals surface area (Å²) >= 11 is 0. The maximum absolute atomic E-state index is 4.56. The van der Waals surface area contributed by atoms with E-state index in [1.165, 1.54) is 16.5 Å². The van der Waals surface area contributed by atoms with Gasteiger partial charge in [-0.05, 0) is 37.2 Å². The van der Waals surface area contributed by atoms with Crippen LogP contribution in [0.25, 0.3) is 10.9 Å². The normalized spacial score (nSPS) is 12.7. The monoisotopic (exact) mass is 280 g/mol. The van der Waals surface area contributed by atoms with Crippen molar-refractivity contribution in [2.75, 3.05) is 6.54 Å².